The number of rotatable bonds is 7. The van der Waals surface area contributed by atoms with Gasteiger partial charge in [0.1, 0.15) is 0 Å². The standard InChI is InChI=1S/C14H23NO4S2/c1-5-14(15-6-2)11(3)21(18,19)13-9-7-12(8-10-13)20(4,16)17/h7-11,14-15H,5-6H2,1-4H3. The van der Waals surface area contributed by atoms with E-state index in [0.717, 1.165) is 6.26 Å². The molecule has 0 aliphatic heterocycles. The molecule has 1 N–H and O–H groups in total. The molecule has 7 heteroatoms. The van der Waals surface area contributed by atoms with Gasteiger partial charge in [-0.2, -0.15) is 0 Å². The maximum atomic E-state index is 12.6. The fourth-order valence-electron chi connectivity index (χ4n) is 2.21. The summed E-state index contributed by atoms with van der Waals surface area (Å²) in [6.45, 7) is 6.25. The summed E-state index contributed by atoms with van der Waals surface area (Å²) >= 11 is 0. The lowest BCUT2D eigenvalue weighted by Gasteiger charge is -2.23. The number of nitrogens with one attached hydrogen (secondary N) is 1. The van der Waals surface area contributed by atoms with Crippen LogP contribution in [0.4, 0.5) is 0 Å². The van der Waals surface area contributed by atoms with E-state index in [-0.39, 0.29) is 15.8 Å². The van der Waals surface area contributed by atoms with Crippen molar-refractivity contribution >= 4 is 19.7 Å². The average molecular weight is 333 g/mol. The molecule has 0 amide bonds. The van der Waals surface area contributed by atoms with Crippen molar-refractivity contribution in [2.45, 2.75) is 48.3 Å². The van der Waals surface area contributed by atoms with Gasteiger partial charge in [0, 0.05) is 12.3 Å². The normalized spacial score (nSPS) is 15.6. The Bertz CT molecular complexity index is 663. The van der Waals surface area contributed by atoms with Crippen LogP contribution in [0, 0.1) is 0 Å². The van der Waals surface area contributed by atoms with Crippen LogP contribution in [0.3, 0.4) is 0 Å². The van der Waals surface area contributed by atoms with Crippen LogP contribution >= 0.6 is 0 Å². The number of hydrogen-bond donors (Lipinski definition) is 1. The first-order chi connectivity index (χ1) is 9.64. The van der Waals surface area contributed by atoms with Gasteiger partial charge in [0.05, 0.1) is 15.0 Å². The lowest BCUT2D eigenvalue weighted by molar-refractivity contribution is 0.483. The molecule has 21 heavy (non-hydrogen) atoms. The van der Waals surface area contributed by atoms with Crippen molar-refractivity contribution in [3.8, 4) is 0 Å². The van der Waals surface area contributed by atoms with Crippen LogP contribution < -0.4 is 5.32 Å². The van der Waals surface area contributed by atoms with Crippen LogP contribution in [0.1, 0.15) is 27.2 Å². The summed E-state index contributed by atoms with van der Waals surface area (Å²) in [5.74, 6) is 0. The van der Waals surface area contributed by atoms with Gasteiger partial charge in [-0.3, -0.25) is 0 Å². The maximum absolute atomic E-state index is 12.6. The Balaban J connectivity index is 3.13. The van der Waals surface area contributed by atoms with E-state index in [1.807, 2.05) is 13.8 Å². The highest BCUT2D eigenvalue weighted by Crippen LogP contribution is 2.21. The topological polar surface area (TPSA) is 80.3 Å². The minimum atomic E-state index is -3.49. The van der Waals surface area contributed by atoms with Gasteiger partial charge in [0.2, 0.25) is 0 Å². The zero-order chi connectivity index (χ0) is 16.3. The SMILES string of the molecule is CCNC(CC)C(C)S(=O)(=O)c1ccc(S(C)(=O)=O)cc1. The third-order valence-corrected chi connectivity index (χ3v) is 6.91. The van der Waals surface area contributed by atoms with Gasteiger partial charge in [-0.25, -0.2) is 16.8 Å². The van der Waals surface area contributed by atoms with Crippen LogP contribution in [-0.4, -0.2) is 40.9 Å². The lowest BCUT2D eigenvalue weighted by Crippen LogP contribution is -2.42. The fourth-order valence-corrected chi connectivity index (χ4v) is 4.51. The smallest absolute Gasteiger partial charge is 0.182 e. The molecule has 0 aliphatic rings. The maximum Gasteiger partial charge on any atom is 0.182 e. The first-order valence-corrected chi connectivity index (χ1v) is 10.4. The van der Waals surface area contributed by atoms with Crippen molar-refractivity contribution in [2.24, 2.45) is 0 Å². The van der Waals surface area contributed by atoms with Crippen molar-refractivity contribution in [1.82, 2.24) is 5.32 Å². The van der Waals surface area contributed by atoms with Crippen molar-refractivity contribution in [3.05, 3.63) is 24.3 Å². The van der Waals surface area contributed by atoms with Crippen LogP contribution in [0.2, 0.25) is 0 Å². The second-order valence-corrected chi connectivity index (χ2v) is 9.39. The molecule has 5 nitrogen and oxygen atoms in total. The summed E-state index contributed by atoms with van der Waals surface area (Å²) in [5, 5.41) is 2.59. The summed E-state index contributed by atoms with van der Waals surface area (Å²) in [6.07, 6.45) is 1.80. The molecule has 0 heterocycles. The van der Waals surface area contributed by atoms with Gasteiger partial charge in [-0.15, -0.1) is 0 Å². The Labute approximate surface area is 127 Å². The van der Waals surface area contributed by atoms with E-state index >= 15 is 0 Å². The van der Waals surface area contributed by atoms with Gasteiger partial charge in [0.15, 0.2) is 19.7 Å². The van der Waals surface area contributed by atoms with E-state index in [9.17, 15) is 16.8 Å². The molecule has 0 spiro atoms. The Morgan fingerprint density at radius 1 is 1.00 bits per heavy atom. The predicted molar refractivity (Wildman–Crippen MR) is 84.0 cm³/mol. The Kier molecular flexibility index (Phi) is 5.95. The summed E-state index contributed by atoms with van der Waals surface area (Å²) in [7, 11) is -6.81. The predicted octanol–water partition coefficient (Wildman–Crippen LogP) is 1.64. The van der Waals surface area contributed by atoms with E-state index in [0.29, 0.717) is 13.0 Å². The minimum Gasteiger partial charge on any atom is -0.313 e. The second kappa shape index (κ2) is 6.89. The van der Waals surface area contributed by atoms with Crippen molar-refractivity contribution < 1.29 is 16.8 Å². The van der Waals surface area contributed by atoms with Crippen molar-refractivity contribution in [1.29, 1.82) is 0 Å². The summed E-state index contributed by atoms with van der Waals surface area (Å²) in [6, 6.07) is 5.27. The van der Waals surface area contributed by atoms with Crippen molar-refractivity contribution in [3.63, 3.8) is 0 Å². The first kappa shape index (κ1) is 18.1. The molecule has 1 rings (SSSR count). The third kappa shape index (κ3) is 4.28. The summed E-state index contributed by atoms with van der Waals surface area (Å²) in [5.41, 5.74) is 0. The zero-order valence-corrected chi connectivity index (χ0v) is 14.5. The molecule has 0 aliphatic carbocycles. The number of hydrogen-bond acceptors (Lipinski definition) is 5. The molecule has 2 atom stereocenters. The van der Waals surface area contributed by atoms with Crippen molar-refractivity contribution in [2.75, 3.05) is 12.8 Å². The Morgan fingerprint density at radius 2 is 1.48 bits per heavy atom. The van der Waals surface area contributed by atoms with Crippen LogP contribution in [-0.2, 0) is 19.7 Å². The zero-order valence-electron chi connectivity index (χ0n) is 12.8. The van der Waals surface area contributed by atoms with Crippen LogP contribution in [0.5, 0.6) is 0 Å². The van der Waals surface area contributed by atoms with Gasteiger partial charge in [-0.05, 0) is 44.2 Å². The highest BCUT2D eigenvalue weighted by atomic mass is 32.2. The van der Waals surface area contributed by atoms with Crippen LogP contribution in [0.25, 0.3) is 0 Å². The quantitative estimate of drug-likeness (QED) is 0.820. The molecule has 2 unspecified atom stereocenters. The third-order valence-electron chi connectivity index (χ3n) is 3.54. The van der Waals surface area contributed by atoms with Gasteiger partial charge >= 0.3 is 0 Å². The summed E-state index contributed by atoms with van der Waals surface area (Å²) in [4.78, 5) is 0.270. The van der Waals surface area contributed by atoms with E-state index in [4.69, 9.17) is 0 Å². The van der Waals surface area contributed by atoms with Gasteiger partial charge in [-0.1, -0.05) is 13.8 Å². The average Bonchev–Trinajstić information content (AvgIpc) is 2.43. The molecule has 0 aromatic heterocycles. The van der Waals surface area contributed by atoms with E-state index in [1.165, 1.54) is 24.3 Å². The molecule has 0 radical (unpaired) electrons. The molecule has 1 aromatic carbocycles. The highest BCUT2D eigenvalue weighted by Gasteiger charge is 2.29. The highest BCUT2D eigenvalue weighted by molar-refractivity contribution is 7.92. The molecule has 1 aromatic rings. The van der Waals surface area contributed by atoms with E-state index in [1.54, 1.807) is 6.92 Å². The summed E-state index contributed by atoms with van der Waals surface area (Å²) < 4.78 is 48.0. The Morgan fingerprint density at radius 3 is 1.86 bits per heavy atom. The van der Waals surface area contributed by atoms with Crippen LogP contribution in [0.15, 0.2) is 34.1 Å². The second-order valence-electron chi connectivity index (χ2n) is 5.07. The molecular weight excluding hydrogens is 310 g/mol. The van der Waals surface area contributed by atoms with E-state index < -0.39 is 24.9 Å². The number of benzene rings is 1. The largest absolute Gasteiger partial charge is 0.313 e. The first-order valence-electron chi connectivity index (χ1n) is 6.92. The van der Waals surface area contributed by atoms with E-state index in [2.05, 4.69) is 5.32 Å². The minimum absolute atomic E-state index is 0.118. The molecular formula is C14H23NO4S2. The molecule has 0 bridgehead atoms. The molecule has 0 fully saturated rings. The Hall–Kier alpha value is -0.920. The molecule has 120 valence electrons. The van der Waals surface area contributed by atoms with Gasteiger partial charge in [0.25, 0.3) is 0 Å². The molecule has 0 saturated carbocycles. The lowest BCUT2D eigenvalue weighted by atomic mass is 10.2. The molecule has 0 saturated heterocycles. The fraction of sp³-hybridized carbons (Fsp3) is 0.571. The monoisotopic (exact) mass is 333 g/mol. The number of sulfone groups is 2. The van der Waals surface area contributed by atoms with Gasteiger partial charge < -0.3 is 5.32 Å².